The minimum absolute atomic E-state index is 0.0258. The maximum Gasteiger partial charge on any atom is 0.323 e. The van der Waals surface area contributed by atoms with Crippen LogP contribution in [0.25, 0.3) is 0 Å². The van der Waals surface area contributed by atoms with Crippen LogP contribution >= 0.6 is 0 Å². The first-order valence-electron chi connectivity index (χ1n) is 11.9. The van der Waals surface area contributed by atoms with Gasteiger partial charge in [0.05, 0.1) is 31.9 Å². The molecule has 0 saturated heterocycles. The van der Waals surface area contributed by atoms with Gasteiger partial charge in [-0.25, -0.2) is 17.5 Å². The van der Waals surface area contributed by atoms with Gasteiger partial charge in [0.25, 0.3) is 0 Å². The number of aromatic nitrogens is 1. The molecule has 1 aromatic heterocycles. The van der Waals surface area contributed by atoms with Crippen LogP contribution in [-0.4, -0.2) is 85.0 Å². The third-order valence-electron chi connectivity index (χ3n) is 6.45. The van der Waals surface area contributed by atoms with E-state index < -0.39 is 28.2 Å². The van der Waals surface area contributed by atoms with Crippen LogP contribution in [0.5, 0.6) is 5.75 Å². The third kappa shape index (κ3) is 6.99. The molecule has 2 aromatic rings. The summed E-state index contributed by atoms with van der Waals surface area (Å²) in [7, 11) is -1.98. The first-order chi connectivity index (χ1) is 17.3. The maximum absolute atomic E-state index is 13.3. The fourth-order valence-electron chi connectivity index (χ4n) is 4.05. The summed E-state index contributed by atoms with van der Waals surface area (Å²) in [6, 6.07) is 3.99. The molecule has 0 bridgehead atoms. The van der Waals surface area contributed by atoms with Crippen molar-refractivity contribution in [3.63, 3.8) is 0 Å². The van der Waals surface area contributed by atoms with Crippen LogP contribution in [0, 0.1) is 19.8 Å². The number of carbonyl (C=O) groups excluding carboxylic acids is 2. The number of ether oxygens (including phenoxy) is 1. The Kier molecular flexibility index (Phi) is 8.82. The van der Waals surface area contributed by atoms with Crippen LogP contribution in [0.3, 0.4) is 0 Å². The monoisotopic (exact) mass is 537 g/mol. The summed E-state index contributed by atoms with van der Waals surface area (Å²) in [6.07, 6.45) is 0.525. The Morgan fingerprint density at radius 1 is 1.32 bits per heavy atom. The number of aliphatic hydroxyl groups excluding tert-OH is 1. The molecule has 0 spiro atoms. The Morgan fingerprint density at radius 2 is 2.03 bits per heavy atom. The van der Waals surface area contributed by atoms with Crippen molar-refractivity contribution in [1.29, 1.82) is 0 Å². The van der Waals surface area contributed by atoms with Crippen molar-refractivity contribution in [2.75, 3.05) is 43.6 Å². The number of sulfonamides is 1. The number of nitrogens with zero attached hydrogens (tertiary/aromatic N) is 3. The highest BCUT2D eigenvalue weighted by Crippen LogP contribution is 2.29. The predicted molar refractivity (Wildman–Crippen MR) is 138 cm³/mol. The SMILES string of the molecule is Cc1noc(C)c1NC(=O)Nc1ccc2c(c1)CC(=O)N([C@@H](C)CO)C[C@H](C)[C@@H](CN(C)S(C)(=O)=O)O2. The van der Waals surface area contributed by atoms with Gasteiger partial charge in [0.2, 0.25) is 15.9 Å². The Labute approximate surface area is 217 Å². The number of likely N-dealkylation sites (N-methyl/N-ethyl adjacent to an activating group) is 1. The molecule has 1 aliphatic heterocycles. The van der Waals surface area contributed by atoms with Crippen LogP contribution < -0.4 is 15.4 Å². The summed E-state index contributed by atoms with van der Waals surface area (Å²) in [5.74, 6) is 0.431. The largest absolute Gasteiger partial charge is 0.488 e. The van der Waals surface area contributed by atoms with Gasteiger partial charge in [0.15, 0.2) is 5.76 Å². The van der Waals surface area contributed by atoms with Gasteiger partial charge in [-0.2, -0.15) is 0 Å². The van der Waals surface area contributed by atoms with Crippen LogP contribution in [0.1, 0.15) is 30.9 Å². The fourth-order valence-corrected chi connectivity index (χ4v) is 4.47. The number of fused-ring (bicyclic) bond motifs is 1. The van der Waals surface area contributed by atoms with Crippen molar-refractivity contribution < 1.29 is 32.4 Å². The van der Waals surface area contributed by atoms with Crippen molar-refractivity contribution in [2.45, 2.75) is 46.3 Å². The number of hydrogen-bond acceptors (Lipinski definition) is 8. The standard InChI is InChI=1S/C24H35N5O7S/c1-14-11-29(15(2)13-30)22(31)10-18-9-19(25-24(32)26-23-16(3)27-36-17(23)4)7-8-20(18)35-21(14)12-28(5)37(6,33)34/h7-9,14-15,21,30H,10-13H2,1-6H3,(H2,25,26,32)/t14-,15-,21+/m0/s1. The molecule has 3 rings (SSSR count). The number of amides is 3. The summed E-state index contributed by atoms with van der Waals surface area (Å²) in [4.78, 5) is 27.5. The molecule has 0 radical (unpaired) electrons. The molecule has 37 heavy (non-hydrogen) atoms. The van der Waals surface area contributed by atoms with E-state index in [1.54, 1.807) is 43.9 Å². The Morgan fingerprint density at radius 3 is 2.62 bits per heavy atom. The van der Waals surface area contributed by atoms with Gasteiger partial charge in [-0.1, -0.05) is 12.1 Å². The summed E-state index contributed by atoms with van der Waals surface area (Å²) in [6.45, 7) is 7.16. The minimum Gasteiger partial charge on any atom is -0.488 e. The van der Waals surface area contributed by atoms with E-state index >= 15 is 0 Å². The van der Waals surface area contributed by atoms with Gasteiger partial charge in [0.1, 0.15) is 23.2 Å². The summed E-state index contributed by atoms with van der Waals surface area (Å²) < 4.78 is 36.7. The molecule has 0 saturated carbocycles. The topological polar surface area (TPSA) is 154 Å². The highest BCUT2D eigenvalue weighted by atomic mass is 32.2. The second kappa shape index (κ2) is 11.5. The second-order valence-corrected chi connectivity index (χ2v) is 11.6. The number of nitrogens with one attached hydrogen (secondary N) is 2. The number of anilines is 2. The zero-order valence-corrected chi connectivity index (χ0v) is 22.8. The number of rotatable bonds is 7. The first kappa shape index (κ1) is 28.4. The molecule has 3 atom stereocenters. The molecular weight excluding hydrogens is 502 g/mol. The van der Waals surface area contributed by atoms with Crippen molar-refractivity contribution in [2.24, 2.45) is 5.92 Å². The molecule has 1 aromatic carbocycles. The van der Waals surface area contributed by atoms with Gasteiger partial charge in [-0.05, 0) is 39.0 Å². The van der Waals surface area contributed by atoms with Crippen LogP contribution in [0.15, 0.2) is 22.7 Å². The molecular formula is C24H35N5O7S. The quantitative estimate of drug-likeness (QED) is 0.484. The van der Waals surface area contributed by atoms with Gasteiger partial charge in [-0.3, -0.25) is 4.79 Å². The zero-order valence-electron chi connectivity index (χ0n) is 21.9. The van der Waals surface area contributed by atoms with Crippen molar-refractivity contribution in [3.8, 4) is 5.75 Å². The molecule has 0 unspecified atom stereocenters. The van der Waals surface area contributed by atoms with Crippen molar-refractivity contribution in [3.05, 3.63) is 35.2 Å². The van der Waals surface area contributed by atoms with Gasteiger partial charge in [-0.15, -0.1) is 0 Å². The molecule has 0 fully saturated rings. The molecule has 3 amide bonds. The lowest BCUT2D eigenvalue weighted by molar-refractivity contribution is -0.134. The summed E-state index contributed by atoms with van der Waals surface area (Å²) in [5, 5.41) is 19.0. The molecule has 13 heteroatoms. The minimum atomic E-state index is -3.46. The van der Waals surface area contributed by atoms with Crippen LogP contribution in [-0.2, 0) is 21.2 Å². The van der Waals surface area contributed by atoms with Crippen LogP contribution in [0.2, 0.25) is 0 Å². The van der Waals surface area contributed by atoms with Crippen LogP contribution in [0.4, 0.5) is 16.2 Å². The lowest BCUT2D eigenvalue weighted by atomic mass is 10.0. The van der Waals surface area contributed by atoms with E-state index in [1.807, 2.05) is 6.92 Å². The molecule has 1 aliphatic rings. The molecule has 204 valence electrons. The lowest BCUT2D eigenvalue weighted by Gasteiger charge is -2.33. The number of hydrogen-bond donors (Lipinski definition) is 3. The highest BCUT2D eigenvalue weighted by molar-refractivity contribution is 7.88. The van der Waals surface area contributed by atoms with E-state index in [9.17, 15) is 23.1 Å². The maximum atomic E-state index is 13.3. The molecule has 3 N–H and O–H groups in total. The van der Waals surface area contributed by atoms with E-state index in [2.05, 4.69) is 15.8 Å². The Bertz CT molecular complexity index is 1230. The van der Waals surface area contributed by atoms with Gasteiger partial charge in [0, 0.05) is 30.8 Å². The summed E-state index contributed by atoms with van der Waals surface area (Å²) in [5.41, 5.74) is 1.97. The van der Waals surface area contributed by atoms with Crippen molar-refractivity contribution >= 4 is 33.3 Å². The van der Waals surface area contributed by atoms with Gasteiger partial charge >= 0.3 is 6.03 Å². The average molecular weight is 538 g/mol. The third-order valence-corrected chi connectivity index (χ3v) is 7.73. The predicted octanol–water partition coefficient (Wildman–Crippen LogP) is 1.98. The number of carbonyl (C=O) groups is 2. The smallest absolute Gasteiger partial charge is 0.323 e. The van der Waals surface area contributed by atoms with E-state index in [4.69, 9.17) is 9.26 Å². The first-order valence-corrected chi connectivity index (χ1v) is 13.8. The number of urea groups is 1. The highest BCUT2D eigenvalue weighted by Gasteiger charge is 2.32. The number of aryl methyl sites for hydroxylation is 2. The van der Waals surface area contributed by atoms with E-state index in [-0.39, 0.29) is 37.9 Å². The van der Waals surface area contributed by atoms with E-state index in [0.717, 1.165) is 6.26 Å². The number of benzene rings is 1. The molecule has 0 aliphatic carbocycles. The Balaban J connectivity index is 1.91. The zero-order chi connectivity index (χ0) is 27.5. The van der Waals surface area contributed by atoms with E-state index in [0.29, 0.717) is 34.1 Å². The van der Waals surface area contributed by atoms with Crippen molar-refractivity contribution in [1.82, 2.24) is 14.4 Å². The second-order valence-electron chi connectivity index (χ2n) is 9.53. The lowest BCUT2D eigenvalue weighted by Crippen LogP contribution is -2.48. The normalized spacial score (nSPS) is 19.4. The van der Waals surface area contributed by atoms with E-state index in [1.165, 1.54) is 11.4 Å². The molecule has 12 nitrogen and oxygen atoms in total. The van der Waals surface area contributed by atoms with Gasteiger partial charge < -0.3 is 29.9 Å². The summed E-state index contributed by atoms with van der Waals surface area (Å²) >= 11 is 0. The average Bonchev–Trinajstić information content (AvgIpc) is 3.15. The molecule has 2 heterocycles. The Hall–Kier alpha value is -3.16. The fraction of sp³-hybridized carbons (Fsp3) is 0.542. The number of aliphatic hydroxyl groups is 1.